The van der Waals surface area contributed by atoms with Gasteiger partial charge in [-0.25, -0.2) is 0 Å². The van der Waals surface area contributed by atoms with Crippen molar-refractivity contribution in [3.63, 3.8) is 0 Å². The number of para-hydroxylation sites is 1. The quantitative estimate of drug-likeness (QED) is 0.765. The summed E-state index contributed by atoms with van der Waals surface area (Å²) in [4.78, 5) is 14.3. The highest BCUT2D eigenvalue weighted by Crippen LogP contribution is 2.39. The molecule has 0 aliphatic carbocycles. The molecule has 0 radical (unpaired) electrons. The maximum absolute atomic E-state index is 12.3. The first-order chi connectivity index (χ1) is 9.66. The third kappa shape index (κ3) is 2.25. The van der Waals surface area contributed by atoms with Gasteiger partial charge in [-0.3, -0.25) is 4.79 Å². The first-order valence-electron chi connectivity index (χ1n) is 6.89. The average Bonchev–Trinajstić information content (AvgIpc) is 2.46. The number of piperidine rings is 1. The molecule has 2 aliphatic rings. The number of benzene rings is 1. The number of rotatable bonds is 1. The molecular formula is C15H19N3O2. The minimum Gasteiger partial charge on any atom is -0.449 e. The Morgan fingerprint density at radius 1 is 1.20 bits per heavy atom. The lowest BCUT2D eigenvalue weighted by molar-refractivity contribution is -0.115. The van der Waals surface area contributed by atoms with Crippen LogP contribution in [0.1, 0.15) is 12.8 Å². The summed E-state index contributed by atoms with van der Waals surface area (Å²) in [5, 5.41) is 6.26. The van der Waals surface area contributed by atoms with Gasteiger partial charge in [0.1, 0.15) is 5.69 Å². The molecule has 0 spiro atoms. The Bertz CT molecular complexity index is 570. The van der Waals surface area contributed by atoms with Gasteiger partial charge in [0.05, 0.1) is 5.69 Å². The summed E-state index contributed by atoms with van der Waals surface area (Å²) in [6.07, 6.45) is 1.73. The second kappa shape index (κ2) is 5.17. The largest absolute Gasteiger partial charge is 0.449 e. The zero-order valence-corrected chi connectivity index (χ0v) is 11.8. The van der Waals surface area contributed by atoms with Crippen molar-refractivity contribution < 1.29 is 9.53 Å². The van der Waals surface area contributed by atoms with Crippen LogP contribution >= 0.6 is 0 Å². The Labute approximate surface area is 118 Å². The summed E-state index contributed by atoms with van der Waals surface area (Å²) < 4.78 is 5.89. The second-order valence-electron chi connectivity index (χ2n) is 5.28. The van der Waals surface area contributed by atoms with E-state index in [2.05, 4.69) is 10.6 Å². The smallest absolute Gasteiger partial charge is 0.291 e. The molecule has 5 nitrogen and oxygen atoms in total. The molecule has 0 bridgehead atoms. The summed E-state index contributed by atoms with van der Waals surface area (Å²) in [6, 6.07) is 5.80. The molecule has 1 saturated heterocycles. The highest BCUT2D eigenvalue weighted by atomic mass is 16.5. The van der Waals surface area contributed by atoms with E-state index in [-0.39, 0.29) is 5.91 Å². The van der Waals surface area contributed by atoms with Crippen LogP contribution in [-0.2, 0) is 4.79 Å². The van der Waals surface area contributed by atoms with Crippen molar-refractivity contribution in [3.05, 3.63) is 29.5 Å². The normalized spacial score (nSPS) is 18.2. The Kier molecular flexibility index (Phi) is 3.36. The number of nitrogens with zero attached hydrogens (tertiary/aromatic N) is 1. The average molecular weight is 273 g/mol. The van der Waals surface area contributed by atoms with Gasteiger partial charge in [0.25, 0.3) is 5.91 Å². The van der Waals surface area contributed by atoms with Crippen LogP contribution in [0.3, 0.4) is 0 Å². The molecule has 0 aromatic heterocycles. The molecule has 1 fully saturated rings. The molecule has 0 atom stereocenters. The van der Waals surface area contributed by atoms with Crippen molar-refractivity contribution in [1.82, 2.24) is 5.32 Å². The molecule has 20 heavy (non-hydrogen) atoms. The molecule has 0 unspecified atom stereocenters. The van der Waals surface area contributed by atoms with Gasteiger partial charge in [-0.05, 0) is 43.6 Å². The fraction of sp³-hybridized carbons (Fsp3) is 0.400. The number of hydrogen-bond donors (Lipinski definition) is 2. The van der Waals surface area contributed by atoms with Gasteiger partial charge >= 0.3 is 0 Å². The fourth-order valence-corrected chi connectivity index (χ4v) is 2.62. The van der Waals surface area contributed by atoms with Crippen LogP contribution < -0.4 is 20.3 Å². The first-order valence-corrected chi connectivity index (χ1v) is 6.89. The molecule has 1 amide bonds. The SMILES string of the molecule is CN(C)c1cccc2c1NC(=O)C(=C1CCNCC1)O2. The topological polar surface area (TPSA) is 53.6 Å². The van der Waals surface area contributed by atoms with Crippen molar-refractivity contribution in [2.24, 2.45) is 0 Å². The summed E-state index contributed by atoms with van der Waals surface area (Å²) in [7, 11) is 3.89. The van der Waals surface area contributed by atoms with Crippen LogP contribution in [0.5, 0.6) is 5.75 Å². The van der Waals surface area contributed by atoms with Gasteiger partial charge < -0.3 is 20.3 Å². The van der Waals surface area contributed by atoms with E-state index < -0.39 is 0 Å². The van der Waals surface area contributed by atoms with Crippen molar-refractivity contribution in [3.8, 4) is 5.75 Å². The lowest BCUT2D eigenvalue weighted by Gasteiger charge is -2.27. The van der Waals surface area contributed by atoms with Crippen LogP contribution in [0.25, 0.3) is 0 Å². The van der Waals surface area contributed by atoms with Gasteiger partial charge in [0.2, 0.25) is 0 Å². The zero-order valence-electron chi connectivity index (χ0n) is 11.8. The van der Waals surface area contributed by atoms with Crippen molar-refractivity contribution in [2.75, 3.05) is 37.4 Å². The third-order valence-electron chi connectivity index (χ3n) is 3.67. The summed E-state index contributed by atoms with van der Waals surface area (Å²) in [6.45, 7) is 1.81. The fourth-order valence-electron chi connectivity index (χ4n) is 2.62. The molecule has 1 aromatic carbocycles. The van der Waals surface area contributed by atoms with Crippen molar-refractivity contribution >= 4 is 17.3 Å². The summed E-state index contributed by atoms with van der Waals surface area (Å²) >= 11 is 0. The van der Waals surface area contributed by atoms with E-state index in [4.69, 9.17) is 4.74 Å². The van der Waals surface area contributed by atoms with E-state index in [1.165, 1.54) is 0 Å². The highest BCUT2D eigenvalue weighted by molar-refractivity contribution is 6.08. The molecule has 2 aliphatic heterocycles. The lowest BCUT2D eigenvalue weighted by atomic mass is 10.0. The van der Waals surface area contributed by atoms with Crippen LogP contribution in [0, 0.1) is 0 Å². The molecule has 2 heterocycles. The van der Waals surface area contributed by atoms with Crippen LogP contribution in [0.15, 0.2) is 29.5 Å². The van der Waals surface area contributed by atoms with Crippen molar-refractivity contribution in [2.45, 2.75) is 12.8 Å². The molecule has 1 aromatic rings. The van der Waals surface area contributed by atoms with Crippen molar-refractivity contribution in [1.29, 1.82) is 0 Å². The predicted molar refractivity (Wildman–Crippen MR) is 79.2 cm³/mol. The van der Waals surface area contributed by atoms with E-state index >= 15 is 0 Å². The third-order valence-corrected chi connectivity index (χ3v) is 3.67. The van der Waals surface area contributed by atoms with Gasteiger partial charge in [0.15, 0.2) is 11.5 Å². The van der Waals surface area contributed by atoms with Crippen LogP contribution in [0.2, 0.25) is 0 Å². The Morgan fingerprint density at radius 3 is 2.65 bits per heavy atom. The number of carbonyl (C=O) groups excluding carboxylic acids is 1. The van der Waals surface area contributed by atoms with Gasteiger partial charge in [-0.15, -0.1) is 0 Å². The van der Waals surface area contributed by atoms with Crippen LogP contribution in [0.4, 0.5) is 11.4 Å². The Hall–Kier alpha value is -2.01. The van der Waals surface area contributed by atoms with E-state index in [0.717, 1.165) is 48.6 Å². The molecular weight excluding hydrogens is 254 g/mol. The highest BCUT2D eigenvalue weighted by Gasteiger charge is 2.28. The maximum Gasteiger partial charge on any atom is 0.291 e. The number of anilines is 2. The first kappa shape index (κ1) is 13.0. The van der Waals surface area contributed by atoms with E-state index in [1.807, 2.05) is 37.2 Å². The number of carbonyl (C=O) groups is 1. The minimum absolute atomic E-state index is 0.135. The molecule has 106 valence electrons. The number of amides is 1. The Balaban J connectivity index is 1.99. The monoisotopic (exact) mass is 273 g/mol. The second-order valence-corrected chi connectivity index (χ2v) is 5.28. The molecule has 0 saturated carbocycles. The van der Waals surface area contributed by atoms with E-state index in [0.29, 0.717) is 5.76 Å². The lowest BCUT2D eigenvalue weighted by Crippen LogP contribution is -2.30. The number of hydrogen-bond acceptors (Lipinski definition) is 4. The van der Waals surface area contributed by atoms with E-state index in [9.17, 15) is 4.79 Å². The minimum atomic E-state index is -0.135. The van der Waals surface area contributed by atoms with E-state index in [1.54, 1.807) is 0 Å². The number of nitrogens with one attached hydrogen (secondary N) is 2. The van der Waals surface area contributed by atoms with Gasteiger partial charge in [-0.1, -0.05) is 6.07 Å². The zero-order chi connectivity index (χ0) is 14.1. The molecule has 2 N–H and O–H groups in total. The predicted octanol–water partition coefficient (Wildman–Crippen LogP) is 1.72. The summed E-state index contributed by atoms with van der Waals surface area (Å²) in [5.74, 6) is 1.07. The maximum atomic E-state index is 12.3. The number of fused-ring (bicyclic) bond motifs is 1. The van der Waals surface area contributed by atoms with Crippen LogP contribution in [-0.4, -0.2) is 33.1 Å². The number of ether oxygens (including phenoxy) is 1. The Morgan fingerprint density at radius 2 is 1.95 bits per heavy atom. The van der Waals surface area contributed by atoms with Gasteiger partial charge in [-0.2, -0.15) is 0 Å². The molecule has 3 rings (SSSR count). The summed E-state index contributed by atoms with van der Waals surface area (Å²) in [5.41, 5.74) is 2.80. The van der Waals surface area contributed by atoms with Gasteiger partial charge in [0, 0.05) is 14.1 Å². The molecule has 5 heteroatoms. The standard InChI is InChI=1S/C15H19N3O2/c1-18(2)11-4-3-5-12-13(11)17-15(19)14(20-12)10-6-8-16-9-7-10/h3-5,16H,6-9H2,1-2H3,(H,17,19).